The lowest BCUT2D eigenvalue weighted by atomic mass is 10.1. The fourth-order valence-electron chi connectivity index (χ4n) is 2.02. The predicted molar refractivity (Wildman–Crippen MR) is 67.1 cm³/mol. The average molecular weight is 335 g/mol. The SMILES string of the molecule is Cc1cn(C2OC(COP(=O)([O-])[O-])C(O)C2O)c(=O)nc1N. The Balaban J connectivity index is 2.22. The molecule has 0 saturated carbocycles. The molecule has 0 aliphatic carbocycles. The number of aromatic nitrogens is 2. The highest BCUT2D eigenvalue weighted by Gasteiger charge is 2.44. The molecule has 2 heterocycles. The first-order valence-electron chi connectivity index (χ1n) is 6.13. The Morgan fingerprint density at radius 2 is 2.14 bits per heavy atom. The van der Waals surface area contributed by atoms with Crippen LogP contribution in [0, 0.1) is 6.92 Å². The number of phosphoric ester groups is 1. The topological polar surface area (TPSA) is 183 Å². The van der Waals surface area contributed by atoms with Crippen LogP contribution < -0.4 is 21.2 Å². The molecule has 1 aromatic rings. The first kappa shape index (κ1) is 17.0. The van der Waals surface area contributed by atoms with Crippen LogP contribution in [-0.2, 0) is 13.8 Å². The van der Waals surface area contributed by atoms with Crippen LogP contribution in [0.25, 0.3) is 0 Å². The molecule has 1 aliphatic heterocycles. The fraction of sp³-hybridized carbons (Fsp3) is 0.600. The number of anilines is 1. The first-order valence-corrected chi connectivity index (χ1v) is 7.59. The summed E-state index contributed by atoms with van der Waals surface area (Å²) in [6.07, 6.45) is -4.45. The summed E-state index contributed by atoms with van der Waals surface area (Å²) in [4.78, 5) is 36.2. The normalized spacial score (nSPS) is 29.0. The number of hydrogen-bond acceptors (Lipinski definition) is 10. The van der Waals surface area contributed by atoms with E-state index in [1.807, 2.05) is 0 Å². The van der Waals surface area contributed by atoms with Crippen molar-refractivity contribution in [3.05, 3.63) is 22.2 Å². The van der Waals surface area contributed by atoms with Gasteiger partial charge in [0, 0.05) is 11.8 Å². The van der Waals surface area contributed by atoms with Gasteiger partial charge in [-0.05, 0) is 6.92 Å². The van der Waals surface area contributed by atoms with E-state index in [2.05, 4.69) is 9.51 Å². The molecule has 22 heavy (non-hydrogen) atoms. The van der Waals surface area contributed by atoms with Crippen molar-refractivity contribution in [1.29, 1.82) is 0 Å². The first-order chi connectivity index (χ1) is 10.1. The van der Waals surface area contributed by atoms with E-state index in [-0.39, 0.29) is 5.82 Å². The number of nitrogens with zero attached hydrogens (tertiary/aromatic N) is 2. The number of ether oxygens (including phenoxy) is 1. The van der Waals surface area contributed by atoms with Gasteiger partial charge in [0.05, 0.1) is 14.4 Å². The Morgan fingerprint density at radius 1 is 1.50 bits per heavy atom. The van der Waals surface area contributed by atoms with Crippen molar-refractivity contribution in [3.63, 3.8) is 0 Å². The van der Waals surface area contributed by atoms with Crippen molar-refractivity contribution in [3.8, 4) is 0 Å². The van der Waals surface area contributed by atoms with Crippen LogP contribution in [0.4, 0.5) is 5.82 Å². The molecule has 1 aromatic heterocycles. The molecule has 12 heteroatoms. The van der Waals surface area contributed by atoms with Crippen LogP contribution >= 0.6 is 7.82 Å². The zero-order valence-corrected chi connectivity index (χ0v) is 12.3. The van der Waals surface area contributed by atoms with Gasteiger partial charge in [0.25, 0.3) is 0 Å². The lowest BCUT2D eigenvalue weighted by molar-refractivity contribution is -0.343. The van der Waals surface area contributed by atoms with Crippen LogP contribution in [0.5, 0.6) is 0 Å². The second-order valence-corrected chi connectivity index (χ2v) is 5.94. The molecule has 1 fully saturated rings. The van der Waals surface area contributed by atoms with E-state index in [0.717, 1.165) is 4.57 Å². The summed E-state index contributed by atoms with van der Waals surface area (Å²) in [6, 6.07) is 0. The van der Waals surface area contributed by atoms with Gasteiger partial charge in [0.2, 0.25) is 0 Å². The monoisotopic (exact) mass is 335 g/mol. The van der Waals surface area contributed by atoms with Crippen molar-refractivity contribution in [1.82, 2.24) is 9.55 Å². The molecule has 4 atom stereocenters. The molecular weight excluding hydrogens is 321 g/mol. The summed E-state index contributed by atoms with van der Waals surface area (Å²) >= 11 is 0. The summed E-state index contributed by atoms with van der Waals surface area (Å²) in [6.45, 7) is 0.789. The fourth-order valence-corrected chi connectivity index (χ4v) is 2.35. The van der Waals surface area contributed by atoms with Crippen LogP contribution in [-0.4, -0.2) is 44.7 Å². The van der Waals surface area contributed by atoms with Gasteiger partial charge in [0.1, 0.15) is 24.1 Å². The van der Waals surface area contributed by atoms with E-state index in [1.54, 1.807) is 6.92 Å². The molecule has 4 unspecified atom stereocenters. The Hall–Kier alpha value is -1.33. The number of nitrogens with two attached hydrogens (primary N) is 1. The lowest BCUT2D eigenvalue weighted by Crippen LogP contribution is -2.36. The van der Waals surface area contributed by atoms with Crippen molar-refractivity contribution in [2.24, 2.45) is 0 Å². The molecule has 0 spiro atoms. The highest BCUT2D eigenvalue weighted by atomic mass is 31.2. The maximum Gasteiger partial charge on any atom is 0.351 e. The molecule has 1 saturated heterocycles. The number of phosphoric acid groups is 1. The van der Waals surface area contributed by atoms with E-state index >= 15 is 0 Å². The third-order valence-electron chi connectivity index (χ3n) is 3.18. The van der Waals surface area contributed by atoms with E-state index in [0.29, 0.717) is 5.56 Å². The average Bonchev–Trinajstić information content (AvgIpc) is 2.68. The molecule has 11 nitrogen and oxygen atoms in total. The molecule has 0 aromatic carbocycles. The van der Waals surface area contributed by atoms with Crippen molar-refractivity contribution >= 4 is 13.6 Å². The molecule has 2 rings (SSSR count). The molecular formula is C10H14N3O8P-2. The van der Waals surface area contributed by atoms with Gasteiger partial charge < -0.3 is 39.6 Å². The van der Waals surface area contributed by atoms with Crippen molar-refractivity contribution in [2.45, 2.75) is 31.5 Å². The minimum Gasteiger partial charge on any atom is -0.790 e. The predicted octanol–water partition coefficient (Wildman–Crippen LogP) is -3.40. The zero-order valence-electron chi connectivity index (χ0n) is 11.4. The summed E-state index contributed by atoms with van der Waals surface area (Å²) in [7, 11) is -5.25. The van der Waals surface area contributed by atoms with Crippen LogP contribution in [0.2, 0.25) is 0 Å². The minimum absolute atomic E-state index is 0.00724. The number of hydrogen-bond donors (Lipinski definition) is 3. The molecule has 0 bridgehead atoms. The number of aliphatic hydroxyl groups is 2. The molecule has 1 aliphatic rings. The summed E-state index contributed by atoms with van der Waals surface area (Å²) in [5.41, 5.74) is 5.09. The number of aliphatic hydroxyl groups excluding tert-OH is 2. The van der Waals surface area contributed by atoms with Gasteiger partial charge >= 0.3 is 5.69 Å². The second kappa shape index (κ2) is 6.05. The summed E-state index contributed by atoms with van der Waals surface area (Å²) < 4.78 is 20.6. The van der Waals surface area contributed by atoms with Gasteiger partial charge in [-0.15, -0.1) is 0 Å². The van der Waals surface area contributed by atoms with Crippen molar-refractivity contribution < 1.29 is 33.8 Å². The van der Waals surface area contributed by atoms with Crippen molar-refractivity contribution in [2.75, 3.05) is 12.3 Å². The lowest BCUT2D eigenvalue weighted by Gasteiger charge is -2.30. The van der Waals surface area contributed by atoms with Gasteiger partial charge in [-0.25, -0.2) is 4.79 Å². The van der Waals surface area contributed by atoms with E-state index < -0.39 is 44.7 Å². The van der Waals surface area contributed by atoms with Crippen LogP contribution in [0.15, 0.2) is 11.0 Å². The number of rotatable bonds is 4. The largest absolute Gasteiger partial charge is 0.790 e. The number of aryl methyl sites for hydroxylation is 1. The molecule has 0 amide bonds. The Morgan fingerprint density at radius 3 is 2.73 bits per heavy atom. The van der Waals surface area contributed by atoms with E-state index in [1.165, 1.54) is 6.20 Å². The molecule has 124 valence electrons. The molecule has 0 radical (unpaired) electrons. The highest BCUT2D eigenvalue weighted by Crippen LogP contribution is 2.32. The molecule has 4 N–H and O–H groups in total. The summed E-state index contributed by atoms with van der Waals surface area (Å²) in [5.74, 6) is 0.00724. The van der Waals surface area contributed by atoms with Gasteiger partial charge in [-0.3, -0.25) is 4.57 Å². The quantitative estimate of drug-likeness (QED) is 0.469. The Labute approximate surface area is 124 Å². The van der Waals surface area contributed by atoms with Gasteiger partial charge in [0.15, 0.2) is 6.23 Å². The smallest absolute Gasteiger partial charge is 0.351 e. The maximum absolute atomic E-state index is 11.8. The maximum atomic E-state index is 11.8. The third kappa shape index (κ3) is 3.52. The van der Waals surface area contributed by atoms with Gasteiger partial charge in [-0.2, -0.15) is 4.98 Å². The standard InChI is InChI=1S/C10H16N3O8P/c1-4-2-13(10(16)12-8(4)11)9-7(15)6(14)5(21-9)3-20-22(17,18)19/h2,5-7,9,14-15H,3H2,1H3,(H2,11,12,16)(H2,17,18,19)/p-2. The zero-order chi connectivity index (χ0) is 16.7. The van der Waals surface area contributed by atoms with E-state index in [9.17, 15) is 29.4 Å². The Bertz CT molecular complexity index is 658. The van der Waals surface area contributed by atoms with Crippen LogP contribution in [0.3, 0.4) is 0 Å². The van der Waals surface area contributed by atoms with E-state index in [4.69, 9.17) is 10.5 Å². The Kier molecular flexibility index (Phi) is 4.68. The number of nitrogen functional groups attached to an aromatic ring is 1. The minimum atomic E-state index is -5.25. The second-order valence-electron chi connectivity index (χ2n) is 4.79. The third-order valence-corrected chi connectivity index (χ3v) is 3.65. The highest BCUT2D eigenvalue weighted by molar-refractivity contribution is 7.43. The summed E-state index contributed by atoms with van der Waals surface area (Å²) in [5, 5.41) is 19.7. The van der Waals surface area contributed by atoms with Crippen LogP contribution in [0.1, 0.15) is 11.8 Å². The van der Waals surface area contributed by atoms with Gasteiger partial charge in [-0.1, -0.05) is 0 Å².